The van der Waals surface area contributed by atoms with E-state index >= 15 is 0 Å². The molecule has 0 unspecified atom stereocenters. The summed E-state index contributed by atoms with van der Waals surface area (Å²) in [5.41, 5.74) is 0.994. The monoisotopic (exact) mass is 283 g/mol. The first-order valence-corrected chi connectivity index (χ1v) is 5.41. The van der Waals surface area contributed by atoms with Gasteiger partial charge in [-0.1, -0.05) is 12.1 Å². The lowest BCUT2D eigenvalue weighted by molar-refractivity contribution is 0.0686. The van der Waals surface area contributed by atoms with Crippen LogP contribution in [0, 0.1) is 0 Å². The second kappa shape index (κ2) is 3.83. The predicted molar refractivity (Wildman–Crippen MR) is 64.1 cm³/mol. The summed E-state index contributed by atoms with van der Waals surface area (Å²) in [4.78, 5) is 11.1. The predicted octanol–water partition coefficient (Wildman–Crippen LogP) is 2.65. The van der Waals surface area contributed by atoms with Gasteiger partial charge in [0, 0.05) is 12.4 Å². The Balaban J connectivity index is 2.93. The van der Waals surface area contributed by atoms with Gasteiger partial charge in [-0.05, 0) is 22.0 Å². The fourth-order valence-corrected chi connectivity index (χ4v) is 2.59. The van der Waals surface area contributed by atoms with Gasteiger partial charge in [0.1, 0.15) is 11.4 Å². The number of para-hydroxylation sites is 1. The molecule has 84 valence electrons. The molecule has 0 atom stereocenters. The van der Waals surface area contributed by atoms with Crippen molar-refractivity contribution in [3.8, 4) is 5.75 Å². The lowest BCUT2D eigenvalue weighted by Gasteiger charge is -2.04. The van der Waals surface area contributed by atoms with Crippen molar-refractivity contribution >= 4 is 32.8 Å². The lowest BCUT2D eigenvalue weighted by atomic mass is 10.2. The van der Waals surface area contributed by atoms with Crippen LogP contribution < -0.4 is 4.74 Å². The van der Waals surface area contributed by atoms with E-state index in [-0.39, 0.29) is 5.69 Å². The van der Waals surface area contributed by atoms with Crippen LogP contribution in [0.25, 0.3) is 10.9 Å². The summed E-state index contributed by atoms with van der Waals surface area (Å²) in [6.45, 7) is 0. The zero-order valence-corrected chi connectivity index (χ0v) is 10.4. The number of halogens is 1. The molecule has 0 spiro atoms. The van der Waals surface area contributed by atoms with Crippen LogP contribution in [0.1, 0.15) is 10.5 Å². The molecule has 0 aliphatic heterocycles. The van der Waals surface area contributed by atoms with Crippen molar-refractivity contribution in [3.05, 3.63) is 28.4 Å². The molecule has 1 heterocycles. The maximum atomic E-state index is 11.1. The van der Waals surface area contributed by atoms with Gasteiger partial charge in [-0.15, -0.1) is 0 Å². The van der Waals surface area contributed by atoms with E-state index in [1.54, 1.807) is 24.8 Å². The molecular weight excluding hydrogens is 274 g/mol. The highest BCUT2D eigenvalue weighted by molar-refractivity contribution is 9.10. The third-order valence-electron chi connectivity index (χ3n) is 2.54. The van der Waals surface area contributed by atoms with E-state index in [2.05, 4.69) is 15.9 Å². The zero-order valence-electron chi connectivity index (χ0n) is 8.82. The minimum absolute atomic E-state index is 0.222. The highest BCUT2D eigenvalue weighted by atomic mass is 79.9. The molecule has 2 rings (SSSR count). The second-order valence-electron chi connectivity index (χ2n) is 3.38. The standard InChI is InChI=1S/C11H10BrNO3/c1-13-9-6(4-3-5-7(9)16-2)8(12)10(13)11(14)15/h3-5H,1-2H3,(H,14,15). The molecule has 0 radical (unpaired) electrons. The Labute approximate surface area is 101 Å². The third-order valence-corrected chi connectivity index (χ3v) is 3.34. The van der Waals surface area contributed by atoms with Gasteiger partial charge in [-0.3, -0.25) is 0 Å². The molecule has 4 nitrogen and oxygen atoms in total. The summed E-state index contributed by atoms with van der Waals surface area (Å²) < 4.78 is 7.41. The fraction of sp³-hybridized carbons (Fsp3) is 0.182. The summed E-state index contributed by atoms with van der Waals surface area (Å²) >= 11 is 3.31. The van der Waals surface area contributed by atoms with Gasteiger partial charge in [0.25, 0.3) is 0 Å². The Bertz CT molecular complexity index is 574. The van der Waals surface area contributed by atoms with Crippen molar-refractivity contribution in [2.75, 3.05) is 7.11 Å². The number of methoxy groups -OCH3 is 1. The second-order valence-corrected chi connectivity index (χ2v) is 4.18. The first kappa shape index (κ1) is 11.0. The van der Waals surface area contributed by atoms with E-state index < -0.39 is 5.97 Å². The minimum Gasteiger partial charge on any atom is -0.495 e. The SMILES string of the molecule is COc1cccc2c(Br)c(C(=O)O)n(C)c12. The van der Waals surface area contributed by atoms with Crippen LogP contribution in [0.2, 0.25) is 0 Å². The number of aryl methyl sites for hydroxylation is 1. The number of nitrogens with zero attached hydrogens (tertiary/aromatic N) is 1. The smallest absolute Gasteiger partial charge is 0.353 e. The maximum Gasteiger partial charge on any atom is 0.353 e. The van der Waals surface area contributed by atoms with Crippen molar-refractivity contribution < 1.29 is 14.6 Å². The Morgan fingerprint density at radius 2 is 2.19 bits per heavy atom. The molecule has 5 heteroatoms. The Kier molecular flexibility index (Phi) is 2.63. The van der Waals surface area contributed by atoms with Gasteiger partial charge >= 0.3 is 5.97 Å². The van der Waals surface area contributed by atoms with Gasteiger partial charge in [0.15, 0.2) is 0 Å². The summed E-state index contributed by atoms with van der Waals surface area (Å²) in [6.07, 6.45) is 0. The van der Waals surface area contributed by atoms with E-state index in [9.17, 15) is 4.79 Å². The number of ether oxygens (including phenoxy) is 1. The number of aromatic nitrogens is 1. The number of carboxylic acid groups (broad SMARTS) is 1. The number of carboxylic acids is 1. The Morgan fingerprint density at radius 1 is 1.50 bits per heavy atom. The number of hydrogen-bond donors (Lipinski definition) is 1. The van der Waals surface area contributed by atoms with Crippen molar-refractivity contribution in [1.29, 1.82) is 0 Å². The molecule has 16 heavy (non-hydrogen) atoms. The van der Waals surface area contributed by atoms with Crippen molar-refractivity contribution in [1.82, 2.24) is 4.57 Å². The first-order valence-electron chi connectivity index (χ1n) is 4.62. The van der Waals surface area contributed by atoms with Gasteiger partial charge < -0.3 is 14.4 Å². The fourth-order valence-electron chi connectivity index (χ4n) is 1.83. The Hall–Kier alpha value is -1.49. The average molecular weight is 284 g/mol. The molecule has 0 saturated carbocycles. The molecule has 0 aliphatic rings. The topological polar surface area (TPSA) is 51.5 Å². The molecule has 0 saturated heterocycles. The number of hydrogen-bond acceptors (Lipinski definition) is 2. The van der Waals surface area contributed by atoms with Crippen LogP contribution >= 0.6 is 15.9 Å². The van der Waals surface area contributed by atoms with Crippen LogP contribution in [-0.4, -0.2) is 22.8 Å². The highest BCUT2D eigenvalue weighted by Gasteiger charge is 2.20. The van der Waals surface area contributed by atoms with Crippen LogP contribution in [0.15, 0.2) is 22.7 Å². The Morgan fingerprint density at radius 3 is 2.75 bits per heavy atom. The van der Waals surface area contributed by atoms with E-state index in [1.165, 1.54) is 0 Å². The van der Waals surface area contributed by atoms with Crippen LogP contribution in [-0.2, 0) is 7.05 Å². The molecule has 0 amide bonds. The van der Waals surface area contributed by atoms with Crippen molar-refractivity contribution in [2.24, 2.45) is 7.05 Å². The molecule has 1 aromatic heterocycles. The van der Waals surface area contributed by atoms with E-state index in [0.29, 0.717) is 10.2 Å². The summed E-state index contributed by atoms with van der Waals surface area (Å²) in [5, 5.41) is 9.95. The molecule has 2 aromatic rings. The number of aromatic carboxylic acids is 1. The van der Waals surface area contributed by atoms with Crippen molar-refractivity contribution in [3.63, 3.8) is 0 Å². The number of carbonyl (C=O) groups is 1. The van der Waals surface area contributed by atoms with Crippen LogP contribution in [0.5, 0.6) is 5.75 Å². The molecular formula is C11H10BrNO3. The van der Waals surface area contributed by atoms with Gasteiger partial charge in [-0.25, -0.2) is 4.79 Å². The van der Waals surface area contributed by atoms with Gasteiger partial charge in [-0.2, -0.15) is 0 Å². The maximum absolute atomic E-state index is 11.1. The molecule has 1 N–H and O–H groups in total. The van der Waals surface area contributed by atoms with Gasteiger partial charge in [0.05, 0.1) is 17.1 Å². The zero-order chi connectivity index (χ0) is 11.9. The summed E-state index contributed by atoms with van der Waals surface area (Å²) in [7, 11) is 3.27. The summed E-state index contributed by atoms with van der Waals surface area (Å²) in [5.74, 6) is -0.305. The summed E-state index contributed by atoms with van der Waals surface area (Å²) in [6, 6.07) is 5.49. The van der Waals surface area contributed by atoms with Crippen LogP contribution in [0.3, 0.4) is 0 Å². The normalized spacial score (nSPS) is 10.7. The highest BCUT2D eigenvalue weighted by Crippen LogP contribution is 2.35. The third kappa shape index (κ3) is 1.39. The average Bonchev–Trinajstić information content (AvgIpc) is 2.51. The quantitative estimate of drug-likeness (QED) is 0.922. The lowest BCUT2D eigenvalue weighted by Crippen LogP contribution is -2.05. The molecule has 1 aromatic carbocycles. The van der Waals surface area contributed by atoms with Crippen molar-refractivity contribution in [2.45, 2.75) is 0 Å². The number of rotatable bonds is 2. The first-order chi connectivity index (χ1) is 7.57. The van der Waals surface area contributed by atoms with Crippen LogP contribution in [0.4, 0.5) is 0 Å². The van der Waals surface area contributed by atoms with E-state index in [4.69, 9.17) is 9.84 Å². The number of fused-ring (bicyclic) bond motifs is 1. The molecule has 0 bridgehead atoms. The molecule has 0 aliphatic carbocycles. The largest absolute Gasteiger partial charge is 0.495 e. The van der Waals surface area contributed by atoms with E-state index in [0.717, 1.165) is 10.9 Å². The molecule has 0 fully saturated rings. The minimum atomic E-state index is -0.965. The number of benzene rings is 1. The van der Waals surface area contributed by atoms with Gasteiger partial charge in [0.2, 0.25) is 0 Å². The van der Waals surface area contributed by atoms with E-state index in [1.807, 2.05) is 12.1 Å².